The molecular weight excluding hydrogens is 602 g/mol. The first-order valence-corrected chi connectivity index (χ1v) is 17.0. The number of carbonyl (C=O) groups is 2. The molecule has 4 bridgehead atoms. The summed E-state index contributed by atoms with van der Waals surface area (Å²) >= 11 is 0. The molecule has 4 aliphatic carbocycles. The fraction of sp³-hybridized carbons (Fsp3) is 0.528. The number of halogens is 2. The predicted octanol–water partition coefficient (Wildman–Crippen LogP) is 5.01. The molecule has 2 aliphatic heterocycles. The van der Waals surface area contributed by atoms with Crippen molar-refractivity contribution in [3.8, 4) is 17.3 Å². The number of nitrogens with zero attached hydrogens (tertiary/aromatic N) is 4. The lowest BCUT2D eigenvalue weighted by Gasteiger charge is -2.64. The average molecular weight is 643 g/mol. The lowest BCUT2D eigenvalue weighted by atomic mass is 9.42. The molecule has 2 amide bonds. The van der Waals surface area contributed by atoms with Crippen LogP contribution in [0.2, 0.25) is 0 Å². The van der Waals surface area contributed by atoms with Crippen molar-refractivity contribution >= 4 is 33.8 Å². The normalized spacial score (nSPS) is 29.0. The zero-order valence-electron chi connectivity index (χ0n) is 26.8. The summed E-state index contributed by atoms with van der Waals surface area (Å²) in [5.41, 5.74) is 8.97. The second-order valence-corrected chi connectivity index (χ2v) is 15.0. The molecule has 4 aromatic rings. The molecular formula is C36H40F2N6O3. The van der Waals surface area contributed by atoms with Gasteiger partial charge in [0.25, 0.3) is 5.91 Å². The number of amides is 2. The van der Waals surface area contributed by atoms with Gasteiger partial charge in [-0.3, -0.25) is 9.59 Å². The molecule has 0 spiro atoms. The van der Waals surface area contributed by atoms with Crippen LogP contribution in [0.5, 0.6) is 5.75 Å². The van der Waals surface area contributed by atoms with Gasteiger partial charge in [-0.15, -0.1) is 0 Å². The molecule has 4 heterocycles. The summed E-state index contributed by atoms with van der Waals surface area (Å²) in [6, 6.07) is 9.40. The summed E-state index contributed by atoms with van der Waals surface area (Å²) in [4.78, 5) is 33.5. The van der Waals surface area contributed by atoms with Crippen LogP contribution in [-0.2, 0) is 24.8 Å². The first-order chi connectivity index (χ1) is 22.6. The van der Waals surface area contributed by atoms with E-state index in [4.69, 9.17) is 15.5 Å². The van der Waals surface area contributed by atoms with Gasteiger partial charge in [0.2, 0.25) is 5.91 Å². The van der Waals surface area contributed by atoms with Gasteiger partial charge >= 0.3 is 0 Å². The number of hydrogen-bond acceptors (Lipinski definition) is 5. The van der Waals surface area contributed by atoms with E-state index >= 15 is 4.39 Å². The minimum Gasteiger partial charge on any atom is -0.494 e. The monoisotopic (exact) mass is 642 g/mol. The van der Waals surface area contributed by atoms with Gasteiger partial charge in [0, 0.05) is 54.7 Å². The minimum atomic E-state index is -1.13. The van der Waals surface area contributed by atoms with Gasteiger partial charge in [0.1, 0.15) is 22.8 Å². The van der Waals surface area contributed by atoms with E-state index in [2.05, 4.69) is 9.88 Å². The number of hydrogen-bond donors (Lipinski definition) is 2. The van der Waals surface area contributed by atoms with E-state index in [1.165, 1.54) is 0 Å². The maximum Gasteiger partial charge on any atom is 0.254 e. The number of fused-ring (bicyclic) bond motifs is 4. The third-order valence-electron chi connectivity index (χ3n) is 11.8. The Morgan fingerprint density at radius 3 is 2.55 bits per heavy atom. The van der Waals surface area contributed by atoms with Crippen molar-refractivity contribution in [2.24, 2.45) is 24.1 Å². The van der Waals surface area contributed by atoms with Crippen LogP contribution in [0.25, 0.3) is 33.5 Å². The van der Waals surface area contributed by atoms with E-state index in [0.717, 1.165) is 60.8 Å². The quantitative estimate of drug-likeness (QED) is 0.267. The molecule has 11 heteroatoms. The number of rotatable bonds is 9. The van der Waals surface area contributed by atoms with Crippen molar-refractivity contribution < 1.29 is 23.1 Å². The van der Waals surface area contributed by atoms with E-state index in [-0.39, 0.29) is 35.8 Å². The van der Waals surface area contributed by atoms with Crippen molar-refractivity contribution in [3.63, 3.8) is 0 Å². The number of aromatic nitrogens is 3. The lowest BCUT2D eigenvalue weighted by Crippen LogP contribution is -2.70. The third kappa shape index (κ3) is 4.37. The van der Waals surface area contributed by atoms with Gasteiger partial charge in [-0.25, -0.2) is 13.8 Å². The number of methoxy groups -OCH3 is 1. The highest BCUT2D eigenvalue weighted by Crippen LogP contribution is 2.69. The lowest BCUT2D eigenvalue weighted by molar-refractivity contribution is -0.213. The fourth-order valence-electron chi connectivity index (χ4n) is 9.18. The van der Waals surface area contributed by atoms with E-state index in [9.17, 15) is 14.0 Å². The molecule has 2 aromatic heterocycles. The fourth-order valence-corrected chi connectivity index (χ4v) is 9.18. The van der Waals surface area contributed by atoms with Crippen LogP contribution in [0.1, 0.15) is 67.3 Å². The molecule has 6 aliphatic rings. The number of alkyl halides is 1. The van der Waals surface area contributed by atoms with Crippen LogP contribution < -0.4 is 15.8 Å². The smallest absolute Gasteiger partial charge is 0.254 e. The third-order valence-corrected chi connectivity index (χ3v) is 11.8. The summed E-state index contributed by atoms with van der Waals surface area (Å²) in [5.74, 6) is 1.36. The Balaban J connectivity index is 1.05. The number of nitrogens with two attached hydrogens (primary N) is 1. The molecule has 47 heavy (non-hydrogen) atoms. The molecule has 2 saturated heterocycles. The molecule has 6 fully saturated rings. The summed E-state index contributed by atoms with van der Waals surface area (Å²) in [5, 5.41) is 3.71. The maximum atomic E-state index is 15.5. The predicted molar refractivity (Wildman–Crippen MR) is 173 cm³/mol. The largest absolute Gasteiger partial charge is 0.494 e. The number of ether oxygens (including phenoxy) is 1. The molecule has 2 aromatic carbocycles. The van der Waals surface area contributed by atoms with Crippen molar-refractivity contribution in [1.82, 2.24) is 24.3 Å². The van der Waals surface area contributed by atoms with Gasteiger partial charge in [0.15, 0.2) is 5.82 Å². The summed E-state index contributed by atoms with van der Waals surface area (Å²) in [6.07, 6.45) is 6.33. The Morgan fingerprint density at radius 1 is 1.11 bits per heavy atom. The molecule has 3 N–H and O–H groups in total. The second-order valence-electron chi connectivity index (χ2n) is 15.0. The number of imidazole rings is 1. The Labute approximate surface area is 271 Å². The van der Waals surface area contributed by atoms with Gasteiger partial charge in [-0.2, -0.15) is 0 Å². The van der Waals surface area contributed by atoms with Crippen molar-refractivity contribution in [2.75, 3.05) is 13.7 Å². The molecule has 246 valence electrons. The number of carbonyl (C=O) groups excluding carboxylic acids is 2. The van der Waals surface area contributed by atoms with E-state index in [1.807, 2.05) is 40.8 Å². The van der Waals surface area contributed by atoms with E-state index in [0.29, 0.717) is 66.4 Å². The van der Waals surface area contributed by atoms with Crippen LogP contribution in [0, 0.1) is 17.2 Å². The minimum absolute atomic E-state index is 0.0186. The zero-order valence-corrected chi connectivity index (χ0v) is 26.8. The van der Waals surface area contributed by atoms with Gasteiger partial charge < -0.3 is 29.8 Å². The molecule has 4 saturated carbocycles. The molecule has 0 radical (unpaired) electrons. The van der Waals surface area contributed by atoms with Gasteiger partial charge in [-0.1, -0.05) is 0 Å². The molecule has 3 atom stereocenters. The van der Waals surface area contributed by atoms with Crippen molar-refractivity contribution in [1.29, 1.82) is 0 Å². The maximum absolute atomic E-state index is 15.5. The highest BCUT2D eigenvalue weighted by molar-refractivity contribution is 6.01. The van der Waals surface area contributed by atoms with Crippen LogP contribution in [0.3, 0.4) is 0 Å². The SMILES string of the molecule is COc1cc(C(=O)N2[C@H]3CC[C@@H]2[C@H](N)C3)cc2nc(-c3cc4cc(F)c(CCNC(=O)C56CC(F)(C5)C6)cc4n3CC3CC3)n(C)c12. The zero-order chi connectivity index (χ0) is 32.4. The van der Waals surface area contributed by atoms with Crippen LogP contribution in [0.4, 0.5) is 8.78 Å². The number of aryl methyl sites for hydroxylation is 1. The first kappa shape index (κ1) is 29.2. The average Bonchev–Trinajstić information content (AvgIpc) is 3.35. The highest BCUT2D eigenvalue weighted by Gasteiger charge is 2.72. The van der Waals surface area contributed by atoms with Crippen molar-refractivity contribution in [2.45, 2.75) is 88.1 Å². The first-order valence-electron chi connectivity index (χ1n) is 17.0. The van der Waals surface area contributed by atoms with Crippen LogP contribution >= 0.6 is 0 Å². The Hall–Kier alpha value is -3.99. The van der Waals surface area contributed by atoms with Gasteiger partial charge in [-0.05, 0) is 99.6 Å². The molecule has 0 unspecified atom stereocenters. The number of nitrogens with one attached hydrogen (secondary N) is 1. The van der Waals surface area contributed by atoms with Crippen molar-refractivity contribution in [3.05, 3.63) is 47.3 Å². The topological polar surface area (TPSA) is 107 Å². The standard InChI is InChI=1S/C36H40F2N6O3/c1-42-31-26(10-22(13-30(31)47-2)33(45)44-23-5-6-27(44)25(39)14-23)41-32(42)29-12-21-9-24(37)20(11-28(21)43(29)15-19-3-4-19)7-8-40-34(46)35-16-36(38,17-35)18-35/h9-13,19,23,25,27H,3-8,14-18,39H2,1-2H3,(H,40,46)/t23-,25+,27+,35?,36?/m0/s1. The summed E-state index contributed by atoms with van der Waals surface area (Å²) < 4.78 is 39.4. The molecule has 10 rings (SSSR count). The highest BCUT2D eigenvalue weighted by atomic mass is 19.1. The Bertz CT molecular complexity index is 1980. The summed E-state index contributed by atoms with van der Waals surface area (Å²) in [7, 11) is 3.55. The second kappa shape index (κ2) is 10.0. The van der Waals surface area contributed by atoms with E-state index < -0.39 is 11.1 Å². The Morgan fingerprint density at radius 2 is 1.89 bits per heavy atom. The number of benzene rings is 2. The Kier molecular flexibility index (Phi) is 6.21. The van der Waals surface area contributed by atoms with Crippen LogP contribution in [0.15, 0.2) is 30.3 Å². The van der Waals surface area contributed by atoms with E-state index in [1.54, 1.807) is 13.2 Å². The van der Waals surface area contributed by atoms with Crippen LogP contribution in [-0.4, -0.2) is 68.3 Å². The molecule has 9 nitrogen and oxygen atoms in total. The van der Waals surface area contributed by atoms with Gasteiger partial charge in [0.05, 0.1) is 23.7 Å². The summed E-state index contributed by atoms with van der Waals surface area (Å²) in [6.45, 7) is 1.09.